The first-order valence-corrected chi connectivity index (χ1v) is 9.12. The van der Waals surface area contributed by atoms with Crippen LogP contribution in [0.4, 0.5) is 0 Å². The summed E-state index contributed by atoms with van der Waals surface area (Å²) in [6, 6.07) is 11.4. The van der Waals surface area contributed by atoms with Crippen LogP contribution in [-0.2, 0) is 4.74 Å². The third-order valence-electron chi connectivity index (χ3n) is 4.57. The predicted molar refractivity (Wildman–Crippen MR) is 100 cm³/mol. The number of piperazine rings is 1. The number of ether oxygens (including phenoxy) is 1. The molecular weight excluding hydrogens is 300 g/mol. The topological polar surface area (TPSA) is 40.1 Å². The lowest BCUT2D eigenvalue weighted by Gasteiger charge is -2.40. The summed E-state index contributed by atoms with van der Waals surface area (Å²) < 4.78 is 5.38. The van der Waals surface area contributed by atoms with Gasteiger partial charge in [-0.1, -0.05) is 37.3 Å². The fourth-order valence-electron chi connectivity index (χ4n) is 3.34. The molecule has 0 aliphatic carbocycles. The smallest absolute Gasteiger partial charge is 0.193 e. The molecule has 24 heavy (non-hydrogen) atoms. The van der Waals surface area contributed by atoms with E-state index in [2.05, 4.69) is 57.4 Å². The quantitative estimate of drug-likeness (QED) is 0.473. The summed E-state index contributed by atoms with van der Waals surface area (Å²) in [5.74, 6) is 0.988. The highest BCUT2D eigenvalue weighted by molar-refractivity contribution is 5.80. The van der Waals surface area contributed by atoms with Crippen LogP contribution in [0.1, 0.15) is 31.9 Å². The van der Waals surface area contributed by atoms with Crippen molar-refractivity contribution in [3.8, 4) is 0 Å². The van der Waals surface area contributed by atoms with Crippen LogP contribution in [0.2, 0.25) is 0 Å². The Morgan fingerprint density at radius 1 is 1.17 bits per heavy atom. The molecule has 1 aliphatic heterocycles. The number of nitrogens with one attached hydrogen (secondary N) is 1. The summed E-state index contributed by atoms with van der Waals surface area (Å²) in [6.45, 7) is 10.7. The van der Waals surface area contributed by atoms with E-state index in [0.717, 1.165) is 58.3 Å². The fraction of sp³-hybridized carbons (Fsp3) is 0.632. The van der Waals surface area contributed by atoms with E-state index in [1.807, 2.05) is 14.0 Å². The average Bonchev–Trinajstić information content (AvgIpc) is 2.64. The number of hydrogen-bond donors (Lipinski definition) is 1. The van der Waals surface area contributed by atoms with Crippen LogP contribution in [0, 0.1) is 0 Å². The second-order valence-electron chi connectivity index (χ2n) is 6.03. The Balaban J connectivity index is 1.85. The van der Waals surface area contributed by atoms with E-state index in [1.165, 1.54) is 5.56 Å². The maximum Gasteiger partial charge on any atom is 0.193 e. The van der Waals surface area contributed by atoms with Gasteiger partial charge in [0.05, 0.1) is 6.61 Å². The summed E-state index contributed by atoms with van der Waals surface area (Å²) >= 11 is 0. The maximum atomic E-state index is 5.38. The molecule has 134 valence electrons. The first-order valence-electron chi connectivity index (χ1n) is 9.12. The van der Waals surface area contributed by atoms with Crippen LogP contribution in [0.15, 0.2) is 35.3 Å². The Hall–Kier alpha value is -1.59. The lowest BCUT2D eigenvalue weighted by Crippen LogP contribution is -2.53. The number of hydrogen-bond acceptors (Lipinski definition) is 3. The normalized spacial score (nSPS) is 17.8. The SMILES string of the molecule is CCOCCNC(=NC)N1CCN(C(CC)c2ccccc2)CC1. The van der Waals surface area contributed by atoms with E-state index in [4.69, 9.17) is 4.74 Å². The minimum Gasteiger partial charge on any atom is -0.380 e. The van der Waals surface area contributed by atoms with Gasteiger partial charge in [-0.25, -0.2) is 0 Å². The van der Waals surface area contributed by atoms with Crippen molar-refractivity contribution in [2.24, 2.45) is 4.99 Å². The molecule has 0 saturated carbocycles. The molecule has 0 spiro atoms. The first kappa shape index (κ1) is 18.7. The van der Waals surface area contributed by atoms with E-state index in [0.29, 0.717) is 6.04 Å². The molecule has 0 aromatic heterocycles. The van der Waals surface area contributed by atoms with Crippen LogP contribution >= 0.6 is 0 Å². The molecule has 0 amide bonds. The van der Waals surface area contributed by atoms with E-state index in [9.17, 15) is 0 Å². The molecule has 1 fully saturated rings. The van der Waals surface area contributed by atoms with Gasteiger partial charge in [0, 0.05) is 52.4 Å². The van der Waals surface area contributed by atoms with Crippen LogP contribution in [0.3, 0.4) is 0 Å². The van der Waals surface area contributed by atoms with E-state index in [-0.39, 0.29) is 0 Å². The van der Waals surface area contributed by atoms with Gasteiger partial charge in [-0.2, -0.15) is 0 Å². The lowest BCUT2D eigenvalue weighted by atomic mass is 10.0. The Morgan fingerprint density at radius 3 is 2.46 bits per heavy atom. The zero-order valence-corrected chi connectivity index (χ0v) is 15.4. The van der Waals surface area contributed by atoms with E-state index >= 15 is 0 Å². The van der Waals surface area contributed by atoms with Gasteiger partial charge in [-0.3, -0.25) is 9.89 Å². The summed E-state index contributed by atoms with van der Waals surface area (Å²) in [6.07, 6.45) is 1.14. The van der Waals surface area contributed by atoms with Crippen molar-refractivity contribution in [1.82, 2.24) is 15.1 Å². The van der Waals surface area contributed by atoms with Gasteiger partial charge in [0.1, 0.15) is 0 Å². The van der Waals surface area contributed by atoms with Gasteiger partial charge >= 0.3 is 0 Å². The molecule has 1 unspecified atom stereocenters. The molecule has 5 heteroatoms. The average molecular weight is 332 g/mol. The Kier molecular flexibility index (Phi) is 8.05. The molecule has 1 aromatic carbocycles. The lowest BCUT2D eigenvalue weighted by molar-refractivity contribution is 0.125. The highest BCUT2D eigenvalue weighted by Gasteiger charge is 2.25. The molecule has 1 aliphatic rings. The third-order valence-corrected chi connectivity index (χ3v) is 4.57. The number of aliphatic imine (C=N–C) groups is 1. The molecule has 1 N–H and O–H groups in total. The molecule has 0 radical (unpaired) electrons. The molecular formula is C19H32N4O. The molecule has 1 saturated heterocycles. The highest BCUT2D eigenvalue weighted by atomic mass is 16.5. The number of nitrogens with zero attached hydrogens (tertiary/aromatic N) is 3. The Morgan fingerprint density at radius 2 is 1.88 bits per heavy atom. The van der Waals surface area contributed by atoms with Gasteiger partial charge in [0.15, 0.2) is 5.96 Å². The van der Waals surface area contributed by atoms with E-state index < -0.39 is 0 Å². The Bertz CT molecular complexity index is 483. The highest BCUT2D eigenvalue weighted by Crippen LogP contribution is 2.25. The van der Waals surface area contributed by atoms with Crippen molar-refractivity contribution < 1.29 is 4.74 Å². The maximum absolute atomic E-state index is 5.38. The van der Waals surface area contributed by atoms with Crippen molar-refractivity contribution >= 4 is 5.96 Å². The monoisotopic (exact) mass is 332 g/mol. The summed E-state index contributed by atoms with van der Waals surface area (Å²) in [7, 11) is 1.86. The van der Waals surface area contributed by atoms with Crippen LogP contribution in [0.25, 0.3) is 0 Å². The van der Waals surface area contributed by atoms with Crippen LogP contribution in [-0.4, -0.2) is 68.7 Å². The standard InChI is InChI=1S/C19H32N4O/c1-4-18(17-9-7-6-8-10-17)22-12-14-23(15-13-22)19(20-3)21-11-16-24-5-2/h6-10,18H,4-5,11-16H2,1-3H3,(H,20,21). The van der Waals surface area contributed by atoms with Gasteiger partial charge in [-0.05, 0) is 18.9 Å². The van der Waals surface area contributed by atoms with E-state index in [1.54, 1.807) is 0 Å². The van der Waals surface area contributed by atoms with Gasteiger partial charge in [0.25, 0.3) is 0 Å². The zero-order chi connectivity index (χ0) is 17.2. The number of benzene rings is 1. The van der Waals surface area contributed by atoms with Crippen molar-refractivity contribution in [2.45, 2.75) is 26.3 Å². The number of rotatable bonds is 7. The summed E-state index contributed by atoms with van der Waals surface area (Å²) in [5.41, 5.74) is 1.42. The second-order valence-corrected chi connectivity index (χ2v) is 6.03. The molecule has 1 aromatic rings. The van der Waals surface area contributed by atoms with Crippen molar-refractivity contribution in [1.29, 1.82) is 0 Å². The molecule has 1 atom stereocenters. The minimum atomic E-state index is 0.515. The molecule has 0 bridgehead atoms. The van der Waals surface area contributed by atoms with Gasteiger partial charge in [-0.15, -0.1) is 0 Å². The van der Waals surface area contributed by atoms with Crippen LogP contribution in [0.5, 0.6) is 0 Å². The van der Waals surface area contributed by atoms with Crippen molar-refractivity contribution in [2.75, 3.05) is 53.0 Å². The minimum absolute atomic E-state index is 0.515. The first-order chi connectivity index (χ1) is 11.8. The van der Waals surface area contributed by atoms with Crippen molar-refractivity contribution in [3.05, 3.63) is 35.9 Å². The predicted octanol–water partition coefficient (Wildman–Crippen LogP) is 2.37. The molecule has 5 nitrogen and oxygen atoms in total. The number of guanidine groups is 1. The largest absolute Gasteiger partial charge is 0.380 e. The summed E-state index contributed by atoms with van der Waals surface area (Å²) in [4.78, 5) is 9.36. The second kappa shape index (κ2) is 10.3. The third kappa shape index (κ3) is 5.21. The zero-order valence-electron chi connectivity index (χ0n) is 15.4. The van der Waals surface area contributed by atoms with Crippen molar-refractivity contribution in [3.63, 3.8) is 0 Å². The van der Waals surface area contributed by atoms with Gasteiger partial charge in [0.2, 0.25) is 0 Å². The summed E-state index contributed by atoms with van der Waals surface area (Å²) in [5, 5.41) is 3.40. The fourth-order valence-corrected chi connectivity index (χ4v) is 3.34. The van der Waals surface area contributed by atoms with Crippen LogP contribution < -0.4 is 5.32 Å². The molecule has 2 rings (SSSR count). The Labute approximate surface area is 146 Å². The molecule has 1 heterocycles. The van der Waals surface area contributed by atoms with Gasteiger partial charge < -0.3 is 15.0 Å².